The third kappa shape index (κ3) is 3.26. The van der Waals surface area contributed by atoms with Gasteiger partial charge in [0.05, 0.1) is 6.20 Å². The molecule has 0 amide bonds. The van der Waals surface area contributed by atoms with Crippen LogP contribution in [0.5, 0.6) is 5.75 Å². The summed E-state index contributed by atoms with van der Waals surface area (Å²) in [6, 6.07) is 6.80. The van der Waals surface area contributed by atoms with Crippen LogP contribution in [-0.4, -0.2) is 22.4 Å². The number of aromatic nitrogens is 2. The molecule has 0 saturated heterocycles. The molecule has 1 heterocycles. The normalized spacial score (nSPS) is 9.94. The summed E-state index contributed by atoms with van der Waals surface area (Å²) < 4.78 is 5.30. The van der Waals surface area contributed by atoms with E-state index < -0.39 is 0 Å². The van der Waals surface area contributed by atoms with Crippen molar-refractivity contribution in [2.24, 2.45) is 0 Å². The summed E-state index contributed by atoms with van der Waals surface area (Å²) in [5.74, 6) is 0.375. The van der Waals surface area contributed by atoms with Crippen LogP contribution in [0.3, 0.4) is 0 Å². The molecule has 0 bridgehead atoms. The van der Waals surface area contributed by atoms with Gasteiger partial charge in [0.15, 0.2) is 6.61 Å². The fourth-order valence-corrected chi connectivity index (χ4v) is 1.32. The molecule has 17 heavy (non-hydrogen) atoms. The smallest absolute Gasteiger partial charge is 0.220 e. The first-order valence-electron chi connectivity index (χ1n) is 4.93. The van der Waals surface area contributed by atoms with Gasteiger partial charge in [-0.05, 0) is 24.3 Å². The van der Waals surface area contributed by atoms with E-state index in [1.54, 1.807) is 24.3 Å². The van der Waals surface area contributed by atoms with E-state index in [2.05, 4.69) is 9.97 Å². The van der Waals surface area contributed by atoms with E-state index in [4.69, 9.17) is 16.3 Å². The van der Waals surface area contributed by atoms with Gasteiger partial charge in [0.2, 0.25) is 5.78 Å². The van der Waals surface area contributed by atoms with E-state index in [1.165, 1.54) is 18.6 Å². The second-order valence-electron chi connectivity index (χ2n) is 3.26. The number of rotatable bonds is 4. The molecule has 0 aliphatic carbocycles. The number of carbonyl (C=O) groups is 1. The Morgan fingerprint density at radius 3 is 2.65 bits per heavy atom. The summed E-state index contributed by atoms with van der Waals surface area (Å²) >= 11 is 5.73. The monoisotopic (exact) mass is 248 g/mol. The Labute approximate surface area is 103 Å². The van der Waals surface area contributed by atoms with Gasteiger partial charge >= 0.3 is 0 Å². The number of ketones is 1. The van der Waals surface area contributed by atoms with Crippen LogP contribution in [0.25, 0.3) is 0 Å². The molecule has 1 aromatic carbocycles. The van der Waals surface area contributed by atoms with E-state index in [9.17, 15) is 4.79 Å². The lowest BCUT2D eigenvalue weighted by Gasteiger charge is -2.04. The quantitative estimate of drug-likeness (QED) is 0.780. The van der Waals surface area contributed by atoms with Crippen molar-refractivity contribution in [2.45, 2.75) is 0 Å². The summed E-state index contributed by atoms with van der Waals surface area (Å²) in [5.41, 5.74) is 0.293. The highest BCUT2D eigenvalue weighted by Gasteiger charge is 2.07. The van der Waals surface area contributed by atoms with Crippen molar-refractivity contribution in [3.63, 3.8) is 0 Å². The molecule has 0 aliphatic rings. The molecule has 0 fully saturated rings. The van der Waals surface area contributed by atoms with Gasteiger partial charge in [-0.1, -0.05) is 11.6 Å². The minimum absolute atomic E-state index is 0.0691. The summed E-state index contributed by atoms with van der Waals surface area (Å²) in [6.07, 6.45) is 4.39. The van der Waals surface area contributed by atoms with Crippen LogP contribution in [0.4, 0.5) is 0 Å². The van der Waals surface area contributed by atoms with Gasteiger partial charge in [-0.3, -0.25) is 9.78 Å². The number of hydrogen-bond donors (Lipinski definition) is 0. The van der Waals surface area contributed by atoms with Crippen LogP contribution < -0.4 is 4.74 Å². The number of carbonyl (C=O) groups excluding carboxylic acids is 1. The number of ether oxygens (including phenoxy) is 1. The Morgan fingerprint density at radius 1 is 1.24 bits per heavy atom. The van der Waals surface area contributed by atoms with Crippen molar-refractivity contribution in [2.75, 3.05) is 6.61 Å². The van der Waals surface area contributed by atoms with Gasteiger partial charge in [-0.2, -0.15) is 0 Å². The number of Topliss-reactive ketones (excluding diaryl/α,β-unsaturated/α-hetero) is 1. The van der Waals surface area contributed by atoms with Gasteiger partial charge in [-0.15, -0.1) is 0 Å². The maximum Gasteiger partial charge on any atom is 0.220 e. The standard InChI is InChI=1S/C12H9ClN2O2/c13-9-1-3-10(4-2-9)17-8-12(16)11-7-14-5-6-15-11/h1-7H,8H2. The van der Waals surface area contributed by atoms with E-state index in [0.717, 1.165) is 0 Å². The van der Waals surface area contributed by atoms with Crippen molar-refractivity contribution in [3.8, 4) is 5.75 Å². The van der Waals surface area contributed by atoms with Crippen molar-refractivity contribution >= 4 is 17.4 Å². The lowest BCUT2D eigenvalue weighted by Crippen LogP contribution is -2.13. The first-order chi connectivity index (χ1) is 8.25. The highest BCUT2D eigenvalue weighted by molar-refractivity contribution is 6.30. The third-order valence-electron chi connectivity index (χ3n) is 2.03. The number of benzene rings is 1. The lowest BCUT2D eigenvalue weighted by atomic mass is 10.3. The van der Waals surface area contributed by atoms with Crippen LogP contribution >= 0.6 is 11.6 Å². The zero-order chi connectivity index (χ0) is 12.1. The van der Waals surface area contributed by atoms with Gasteiger partial charge in [0.1, 0.15) is 11.4 Å². The Morgan fingerprint density at radius 2 is 2.00 bits per heavy atom. The molecule has 0 saturated carbocycles. The summed E-state index contributed by atoms with van der Waals surface area (Å²) in [5, 5.41) is 0.623. The predicted molar refractivity (Wildman–Crippen MR) is 63.3 cm³/mol. The van der Waals surface area contributed by atoms with Crippen LogP contribution in [0.15, 0.2) is 42.9 Å². The Balaban J connectivity index is 1.95. The fourth-order valence-electron chi connectivity index (χ4n) is 1.20. The van der Waals surface area contributed by atoms with E-state index >= 15 is 0 Å². The van der Waals surface area contributed by atoms with Gasteiger partial charge in [0, 0.05) is 17.4 Å². The molecule has 1 aromatic heterocycles. The van der Waals surface area contributed by atoms with Crippen molar-refractivity contribution in [1.29, 1.82) is 0 Å². The first-order valence-corrected chi connectivity index (χ1v) is 5.31. The second kappa shape index (κ2) is 5.41. The van der Waals surface area contributed by atoms with Crippen LogP contribution in [0.2, 0.25) is 5.02 Å². The van der Waals surface area contributed by atoms with E-state index in [1.807, 2.05) is 0 Å². The molecule has 0 aliphatic heterocycles. The van der Waals surface area contributed by atoms with Gasteiger partial charge < -0.3 is 4.74 Å². The zero-order valence-electron chi connectivity index (χ0n) is 8.84. The molecule has 5 heteroatoms. The first kappa shape index (κ1) is 11.5. The average Bonchev–Trinajstić information content (AvgIpc) is 2.39. The van der Waals surface area contributed by atoms with Crippen LogP contribution in [0, 0.1) is 0 Å². The Bertz CT molecular complexity index is 500. The Kier molecular flexibility index (Phi) is 3.67. The molecule has 2 rings (SSSR count). The molecule has 0 unspecified atom stereocenters. The minimum atomic E-state index is -0.215. The van der Waals surface area contributed by atoms with Crippen molar-refractivity contribution < 1.29 is 9.53 Å². The maximum absolute atomic E-state index is 11.6. The highest BCUT2D eigenvalue weighted by atomic mass is 35.5. The maximum atomic E-state index is 11.6. The summed E-state index contributed by atoms with van der Waals surface area (Å²) in [7, 11) is 0. The number of hydrogen-bond acceptors (Lipinski definition) is 4. The largest absolute Gasteiger partial charge is 0.485 e. The van der Waals surface area contributed by atoms with Crippen molar-refractivity contribution in [1.82, 2.24) is 9.97 Å². The average molecular weight is 249 g/mol. The topological polar surface area (TPSA) is 52.1 Å². The highest BCUT2D eigenvalue weighted by Crippen LogP contribution is 2.15. The Hall–Kier alpha value is -1.94. The fraction of sp³-hybridized carbons (Fsp3) is 0.0833. The van der Waals surface area contributed by atoms with Gasteiger partial charge in [-0.25, -0.2) is 4.98 Å². The molecule has 0 spiro atoms. The van der Waals surface area contributed by atoms with E-state index in [0.29, 0.717) is 16.5 Å². The minimum Gasteiger partial charge on any atom is -0.485 e. The molecule has 0 N–H and O–H groups in total. The van der Waals surface area contributed by atoms with Crippen molar-refractivity contribution in [3.05, 3.63) is 53.6 Å². The third-order valence-corrected chi connectivity index (χ3v) is 2.28. The summed E-state index contributed by atoms with van der Waals surface area (Å²) in [4.78, 5) is 19.3. The number of nitrogens with zero attached hydrogens (tertiary/aromatic N) is 2. The van der Waals surface area contributed by atoms with Gasteiger partial charge in [0.25, 0.3) is 0 Å². The summed E-state index contributed by atoms with van der Waals surface area (Å²) in [6.45, 7) is -0.0691. The molecule has 86 valence electrons. The van der Waals surface area contributed by atoms with Crippen LogP contribution in [0.1, 0.15) is 10.5 Å². The second-order valence-corrected chi connectivity index (χ2v) is 3.69. The molecule has 0 radical (unpaired) electrons. The molecule has 0 atom stereocenters. The lowest BCUT2D eigenvalue weighted by molar-refractivity contribution is 0.0916. The molecular weight excluding hydrogens is 240 g/mol. The predicted octanol–water partition coefficient (Wildman–Crippen LogP) is 2.39. The van der Waals surface area contributed by atoms with Crippen LogP contribution in [-0.2, 0) is 0 Å². The van der Waals surface area contributed by atoms with E-state index in [-0.39, 0.29) is 12.4 Å². The zero-order valence-corrected chi connectivity index (χ0v) is 9.59. The molecular formula is C12H9ClN2O2. The molecule has 2 aromatic rings. The number of halogens is 1. The SMILES string of the molecule is O=C(COc1ccc(Cl)cc1)c1cnccn1. The molecule has 4 nitrogen and oxygen atoms in total.